The minimum atomic E-state index is 0.822. The minimum Gasteiger partial charge on any atom is -0.456 e. The molecule has 0 bridgehead atoms. The first-order valence-electron chi connectivity index (χ1n) is 19.3. The fourth-order valence-electron chi connectivity index (χ4n) is 8.38. The molecular formula is C54H35NOS. The molecule has 0 radical (unpaired) electrons. The van der Waals surface area contributed by atoms with Gasteiger partial charge in [0.25, 0.3) is 0 Å². The van der Waals surface area contributed by atoms with Crippen molar-refractivity contribution in [3.05, 3.63) is 212 Å². The molecule has 57 heavy (non-hydrogen) atoms. The van der Waals surface area contributed by atoms with Crippen molar-refractivity contribution in [2.24, 2.45) is 0 Å². The van der Waals surface area contributed by atoms with Gasteiger partial charge in [-0.1, -0.05) is 158 Å². The zero-order chi connectivity index (χ0) is 37.7. The van der Waals surface area contributed by atoms with E-state index in [4.69, 9.17) is 4.74 Å². The van der Waals surface area contributed by atoms with Crippen molar-refractivity contribution in [3.63, 3.8) is 0 Å². The fourth-order valence-corrected chi connectivity index (χ4v) is 9.62. The second-order valence-corrected chi connectivity index (χ2v) is 15.5. The van der Waals surface area contributed by atoms with Crippen LogP contribution in [-0.2, 0) is 0 Å². The average Bonchev–Trinajstić information content (AvgIpc) is 3.60. The van der Waals surface area contributed by atoms with Gasteiger partial charge < -0.3 is 9.64 Å². The molecule has 268 valence electrons. The topological polar surface area (TPSA) is 12.5 Å². The molecule has 0 saturated heterocycles. The van der Waals surface area contributed by atoms with Crippen molar-refractivity contribution in [1.29, 1.82) is 0 Å². The molecule has 1 aliphatic rings. The Bertz CT molecular complexity index is 3080. The van der Waals surface area contributed by atoms with Gasteiger partial charge in [-0.25, -0.2) is 0 Å². The van der Waals surface area contributed by atoms with E-state index in [-0.39, 0.29) is 0 Å². The highest BCUT2D eigenvalue weighted by atomic mass is 32.1. The van der Waals surface area contributed by atoms with E-state index in [1.807, 2.05) is 11.3 Å². The number of benzene rings is 9. The number of hydrogen-bond acceptors (Lipinski definition) is 3. The van der Waals surface area contributed by atoms with E-state index in [1.165, 1.54) is 42.4 Å². The van der Waals surface area contributed by atoms with Gasteiger partial charge in [-0.2, -0.15) is 0 Å². The molecule has 0 saturated carbocycles. The van der Waals surface area contributed by atoms with Gasteiger partial charge in [0.15, 0.2) is 0 Å². The number of thiophene rings is 1. The van der Waals surface area contributed by atoms with Gasteiger partial charge in [-0.3, -0.25) is 0 Å². The first-order valence-corrected chi connectivity index (χ1v) is 20.1. The number of nitrogens with zero attached hydrogens (tertiary/aromatic N) is 1. The molecule has 0 amide bonds. The summed E-state index contributed by atoms with van der Waals surface area (Å²) in [5.74, 6) is 1.67. The summed E-state index contributed by atoms with van der Waals surface area (Å²) in [5, 5.41) is 2.62. The Morgan fingerprint density at radius 3 is 1.67 bits per heavy atom. The lowest BCUT2D eigenvalue weighted by atomic mass is 9.92. The molecule has 0 unspecified atom stereocenters. The molecule has 0 fully saturated rings. The smallest absolute Gasteiger partial charge is 0.137 e. The van der Waals surface area contributed by atoms with E-state index in [1.54, 1.807) is 0 Å². The van der Waals surface area contributed by atoms with Gasteiger partial charge in [0.1, 0.15) is 11.5 Å². The summed E-state index contributed by atoms with van der Waals surface area (Å²) in [4.78, 5) is 2.38. The SMILES string of the molecule is c1ccc(-c2ccc(N(c3ccc(-c4cccc5c4sc4ccccc45)cc3)c3cccc4c3-c3ccccc3-c3ccc(-c5ccccc5)cc3O4)cc2)cc1. The van der Waals surface area contributed by atoms with Crippen LogP contribution in [0.15, 0.2) is 212 Å². The van der Waals surface area contributed by atoms with Crippen LogP contribution >= 0.6 is 11.3 Å². The van der Waals surface area contributed by atoms with Crippen LogP contribution in [0.2, 0.25) is 0 Å². The highest BCUT2D eigenvalue weighted by molar-refractivity contribution is 7.26. The Balaban J connectivity index is 1.08. The van der Waals surface area contributed by atoms with Crippen LogP contribution in [0, 0.1) is 0 Å². The van der Waals surface area contributed by atoms with Crippen LogP contribution in [0.5, 0.6) is 11.5 Å². The Morgan fingerprint density at radius 2 is 0.912 bits per heavy atom. The van der Waals surface area contributed by atoms with Crippen molar-refractivity contribution in [2.45, 2.75) is 0 Å². The van der Waals surface area contributed by atoms with Gasteiger partial charge in [0, 0.05) is 42.7 Å². The highest BCUT2D eigenvalue weighted by Crippen LogP contribution is 2.53. The van der Waals surface area contributed by atoms with Crippen LogP contribution in [-0.4, -0.2) is 0 Å². The average molecular weight is 746 g/mol. The molecule has 0 aliphatic carbocycles. The minimum absolute atomic E-state index is 0.822. The maximum atomic E-state index is 7.00. The van der Waals surface area contributed by atoms with Gasteiger partial charge in [0.2, 0.25) is 0 Å². The van der Waals surface area contributed by atoms with Crippen LogP contribution in [0.4, 0.5) is 17.1 Å². The van der Waals surface area contributed by atoms with E-state index in [2.05, 4.69) is 217 Å². The maximum absolute atomic E-state index is 7.00. The third-order valence-electron chi connectivity index (χ3n) is 11.1. The summed E-state index contributed by atoms with van der Waals surface area (Å²) in [6, 6.07) is 76.2. The first kappa shape index (κ1) is 33.2. The first-order chi connectivity index (χ1) is 28.3. The van der Waals surface area contributed by atoms with Crippen molar-refractivity contribution < 1.29 is 4.74 Å². The lowest BCUT2D eigenvalue weighted by Gasteiger charge is -2.29. The molecule has 11 rings (SSSR count). The Hall–Kier alpha value is -7.20. The Labute approximate surface area is 336 Å². The normalized spacial score (nSPS) is 11.6. The predicted octanol–water partition coefficient (Wildman–Crippen LogP) is 16.0. The Morgan fingerprint density at radius 1 is 0.351 bits per heavy atom. The molecule has 1 aliphatic heterocycles. The van der Waals surface area contributed by atoms with Crippen molar-refractivity contribution in [2.75, 3.05) is 4.90 Å². The molecule has 1 aromatic heterocycles. The van der Waals surface area contributed by atoms with Crippen molar-refractivity contribution in [1.82, 2.24) is 0 Å². The molecule has 0 N–H and O–H groups in total. The van der Waals surface area contributed by atoms with Crippen LogP contribution in [0.3, 0.4) is 0 Å². The predicted molar refractivity (Wildman–Crippen MR) is 241 cm³/mol. The summed E-state index contributed by atoms with van der Waals surface area (Å²) in [6.45, 7) is 0. The monoisotopic (exact) mass is 745 g/mol. The standard InChI is InChI=1S/C54H35NOS/c1-3-13-36(14-4-1)38-25-30-41(31-26-38)55(42-32-27-39(28-33-42)43-20-11-21-48-46-18-9-10-24-52(46)57-54(43)48)49-22-12-23-50-53(49)47-19-8-7-17-44(47)45-34-29-40(35-51(45)56-50)37-15-5-2-6-16-37/h1-35H. The molecule has 0 spiro atoms. The third kappa shape index (κ3) is 5.80. The van der Waals surface area contributed by atoms with Gasteiger partial charge in [-0.05, 0) is 99.1 Å². The number of rotatable bonds is 6. The fraction of sp³-hybridized carbons (Fsp3) is 0. The molecule has 0 atom stereocenters. The van der Waals surface area contributed by atoms with E-state index in [9.17, 15) is 0 Å². The second kappa shape index (κ2) is 13.8. The number of ether oxygens (including phenoxy) is 1. The molecular weight excluding hydrogens is 711 g/mol. The van der Waals surface area contributed by atoms with E-state index >= 15 is 0 Å². The van der Waals surface area contributed by atoms with Gasteiger partial charge in [-0.15, -0.1) is 11.3 Å². The molecule has 3 heteroatoms. The van der Waals surface area contributed by atoms with Gasteiger partial charge >= 0.3 is 0 Å². The van der Waals surface area contributed by atoms with Crippen LogP contribution in [0.1, 0.15) is 0 Å². The number of hydrogen-bond donors (Lipinski definition) is 0. The zero-order valence-electron chi connectivity index (χ0n) is 31.0. The zero-order valence-corrected chi connectivity index (χ0v) is 31.8. The largest absolute Gasteiger partial charge is 0.456 e. The quantitative estimate of drug-likeness (QED) is 0.168. The summed E-state index contributed by atoms with van der Waals surface area (Å²) in [6.07, 6.45) is 0. The highest BCUT2D eigenvalue weighted by Gasteiger charge is 2.27. The number of fused-ring (bicyclic) bond motifs is 8. The van der Waals surface area contributed by atoms with Crippen LogP contribution in [0.25, 0.3) is 75.8 Å². The van der Waals surface area contributed by atoms with Crippen LogP contribution < -0.4 is 9.64 Å². The van der Waals surface area contributed by atoms with Crippen molar-refractivity contribution in [3.8, 4) is 67.1 Å². The summed E-state index contributed by atoms with van der Waals surface area (Å²) in [7, 11) is 0. The van der Waals surface area contributed by atoms with E-state index in [0.717, 1.165) is 61.9 Å². The molecule has 2 nitrogen and oxygen atoms in total. The summed E-state index contributed by atoms with van der Waals surface area (Å²) in [5.41, 5.74) is 14.7. The Kier molecular flexibility index (Phi) is 8.04. The van der Waals surface area contributed by atoms with E-state index in [0.29, 0.717) is 0 Å². The lowest BCUT2D eigenvalue weighted by Crippen LogP contribution is -2.11. The van der Waals surface area contributed by atoms with Crippen molar-refractivity contribution >= 4 is 48.6 Å². The second-order valence-electron chi connectivity index (χ2n) is 14.5. The molecule has 9 aromatic carbocycles. The maximum Gasteiger partial charge on any atom is 0.137 e. The third-order valence-corrected chi connectivity index (χ3v) is 12.3. The van der Waals surface area contributed by atoms with Gasteiger partial charge in [0.05, 0.1) is 5.69 Å². The molecule has 10 aromatic rings. The summed E-state index contributed by atoms with van der Waals surface area (Å²) >= 11 is 1.87. The molecule has 2 heterocycles. The summed E-state index contributed by atoms with van der Waals surface area (Å²) < 4.78 is 9.63. The van der Waals surface area contributed by atoms with E-state index < -0.39 is 0 Å². The lowest BCUT2D eigenvalue weighted by molar-refractivity contribution is 0.488. The number of anilines is 3.